The molecule has 0 aliphatic rings. The lowest BCUT2D eigenvalue weighted by Gasteiger charge is -2.11. The molecule has 20 heavy (non-hydrogen) atoms. The van der Waals surface area contributed by atoms with E-state index in [4.69, 9.17) is 5.11 Å². The van der Waals surface area contributed by atoms with Crippen LogP contribution in [0.4, 0.5) is 0 Å². The van der Waals surface area contributed by atoms with Crippen molar-refractivity contribution in [3.8, 4) is 0 Å². The Bertz CT molecular complexity index is 621. The van der Waals surface area contributed by atoms with Crippen LogP contribution in [-0.2, 0) is 7.05 Å². The second-order valence-corrected chi connectivity index (χ2v) is 5.13. The van der Waals surface area contributed by atoms with E-state index in [2.05, 4.69) is 15.4 Å². The number of aliphatic hydroxyl groups excluding tert-OH is 1. The molecule has 0 aliphatic heterocycles. The Hall–Kier alpha value is -1.95. The average molecular weight is 276 g/mol. The SMILES string of the molecule is Cc1nn(C)c2ncc(C(=O)NCC(C)CCO)cc12. The highest BCUT2D eigenvalue weighted by Gasteiger charge is 2.12. The summed E-state index contributed by atoms with van der Waals surface area (Å²) in [6.45, 7) is 4.57. The van der Waals surface area contributed by atoms with Gasteiger partial charge in [0.2, 0.25) is 0 Å². The Morgan fingerprint density at radius 3 is 3.00 bits per heavy atom. The van der Waals surface area contributed by atoms with Crippen molar-refractivity contribution >= 4 is 16.9 Å². The van der Waals surface area contributed by atoms with E-state index in [1.165, 1.54) is 0 Å². The van der Waals surface area contributed by atoms with E-state index in [1.807, 2.05) is 27.0 Å². The number of hydrogen-bond acceptors (Lipinski definition) is 4. The number of hydrogen-bond donors (Lipinski definition) is 2. The molecule has 2 aromatic heterocycles. The first-order valence-electron chi connectivity index (χ1n) is 6.71. The van der Waals surface area contributed by atoms with Crippen molar-refractivity contribution in [2.75, 3.05) is 13.2 Å². The lowest BCUT2D eigenvalue weighted by Crippen LogP contribution is -2.28. The van der Waals surface area contributed by atoms with Gasteiger partial charge in [0.15, 0.2) is 5.65 Å². The van der Waals surface area contributed by atoms with E-state index < -0.39 is 0 Å². The van der Waals surface area contributed by atoms with E-state index in [9.17, 15) is 4.79 Å². The van der Waals surface area contributed by atoms with Crippen LogP contribution in [0, 0.1) is 12.8 Å². The molecule has 6 heteroatoms. The fourth-order valence-electron chi connectivity index (χ4n) is 2.12. The molecular weight excluding hydrogens is 256 g/mol. The zero-order valence-corrected chi connectivity index (χ0v) is 12.1. The van der Waals surface area contributed by atoms with Gasteiger partial charge in [-0.3, -0.25) is 9.48 Å². The van der Waals surface area contributed by atoms with E-state index in [0.29, 0.717) is 18.5 Å². The molecule has 1 unspecified atom stereocenters. The van der Waals surface area contributed by atoms with Gasteiger partial charge in [-0.15, -0.1) is 0 Å². The molecule has 0 saturated carbocycles. The molecule has 2 aromatic rings. The maximum Gasteiger partial charge on any atom is 0.252 e. The van der Waals surface area contributed by atoms with Gasteiger partial charge in [0.05, 0.1) is 11.3 Å². The summed E-state index contributed by atoms with van der Waals surface area (Å²) in [7, 11) is 1.83. The second-order valence-electron chi connectivity index (χ2n) is 5.13. The summed E-state index contributed by atoms with van der Waals surface area (Å²) in [6.07, 6.45) is 2.24. The number of nitrogens with one attached hydrogen (secondary N) is 1. The van der Waals surface area contributed by atoms with Crippen molar-refractivity contribution in [2.24, 2.45) is 13.0 Å². The van der Waals surface area contributed by atoms with Gasteiger partial charge in [-0.05, 0) is 25.3 Å². The Labute approximate surface area is 117 Å². The maximum absolute atomic E-state index is 12.1. The summed E-state index contributed by atoms with van der Waals surface area (Å²) in [5.74, 6) is 0.105. The number of aryl methyl sites for hydroxylation is 2. The number of fused-ring (bicyclic) bond motifs is 1. The van der Waals surface area contributed by atoms with Gasteiger partial charge in [-0.25, -0.2) is 4.98 Å². The Morgan fingerprint density at radius 1 is 1.55 bits per heavy atom. The van der Waals surface area contributed by atoms with Crippen LogP contribution < -0.4 is 5.32 Å². The van der Waals surface area contributed by atoms with Crippen LogP contribution in [-0.4, -0.2) is 38.9 Å². The number of pyridine rings is 1. The number of carbonyl (C=O) groups excluding carboxylic acids is 1. The number of aliphatic hydroxyl groups is 1. The van der Waals surface area contributed by atoms with Crippen molar-refractivity contribution in [2.45, 2.75) is 20.3 Å². The van der Waals surface area contributed by atoms with Crippen molar-refractivity contribution in [3.63, 3.8) is 0 Å². The molecule has 2 N–H and O–H groups in total. The van der Waals surface area contributed by atoms with Crippen molar-refractivity contribution < 1.29 is 9.90 Å². The number of aromatic nitrogens is 3. The largest absolute Gasteiger partial charge is 0.396 e. The third-order valence-corrected chi connectivity index (χ3v) is 3.36. The summed E-state index contributed by atoms with van der Waals surface area (Å²) in [6, 6.07) is 1.82. The molecule has 6 nitrogen and oxygen atoms in total. The average Bonchev–Trinajstić information content (AvgIpc) is 2.71. The Morgan fingerprint density at radius 2 is 2.30 bits per heavy atom. The van der Waals surface area contributed by atoms with Crippen LogP contribution in [0.2, 0.25) is 0 Å². The van der Waals surface area contributed by atoms with Gasteiger partial charge in [-0.1, -0.05) is 6.92 Å². The van der Waals surface area contributed by atoms with E-state index >= 15 is 0 Å². The summed E-state index contributed by atoms with van der Waals surface area (Å²) in [4.78, 5) is 16.4. The van der Waals surface area contributed by atoms with Gasteiger partial charge < -0.3 is 10.4 Å². The quantitative estimate of drug-likeness (QED) is 0.854. The molecule has 1 amide bonds. The van der Waals surface area contributed by atoms with E-state index in [1.54, 1.807) is 10.9 Å². The topological polar surface area (TPSA) is 80.0 Å². The summed E-state index contributed by atoms with van der Waals surface area (Å²) in [5, 5.41) is 16.9. The molecule has 0 saturated heterocycles. The number of nitrogens with zero attached hydrogens (tertiary/aromatic N) is 3. The van der Waals surface area contributed by atoms with E-state index in [-0.39, 0.29) is 18.4 Å². The van der Waals surface area contributed by atoms with Gasteiger partial charge in [0.25, 0.3) is 5.91 Å². The summed E-state index contributed by atoms with van der Waals surface area (Å²) < 4.78 is 1.70. The molecule has 2 rings (SSSR count). The van der Waals surface area contributed by atoms with Crippen LogP contribution in [0.5, 0.6) is 0 Å². The highest BCUT2D eigenvalue weighted by molar-refractivity contribution is 5.97. The predicted octanol–water partition coefficient (Wildman–Crippen LogP) is 1.03. The highest BCUT2D eigenvalue weighted by atomic mass is 16.3. The zero-order chi connectivity index (χ0) is 14.7. The van der Waals surface area contributed by atoms with Gasteiger partial charge in [0.1, 0.15) is 0 Å². The first kappa shape index (κ1) is 14.5. The second kappa shape index (κ2) is 6.00. The van der Waals surface area contributed by atoms with Gasteiger partial charge in [-0.2, -0.15) is 5.10 Å². The first-order valence-corrected chi connectivity index (χ1v) is 6.71. The zero-order valence-electron chi connectivity index (χ0n) is 12.1. The van der Waals surface area contributed by atoms with Crippen LogP contribution in [0.3, 0.4) is 0 Å². The standard InChI is InChI=1S/C14H20N4O2/c1-9(4-5-19)7-16-14(20)11-6-12-10(2)17-18(3)13(12)15-8-11/h6,8-9,19H,4-5,7H2,1-3H3,(H,16,20). The molecule has 0 fully saturated rings. The number of amides is 1. The van der Waals surface area contributed by atoms with Crippen LogP contribution in [0.25, 0.3) is 11.0 Å². The number of carbonyl (C=O) groups is 1. The molecule has 0 bridgehead atoms. The Kier molecular flexibility index (Phi) is 4.34. The van der Waals surface area contributed by atoms with Gasteiger partial charge >= 0.3 is 0 Å². The highest BCUT2D eigenvalue weighted by Crippen LogP contribution is 2.16. The van der Waals surface area contributed by atoms with Crippen molar-refractivity contribution in [3.05, 3.63) is 23.5 Å². The first-order chi connectivity index (χ1) is 9.52. The lowest BCUT2D eigenvalue weighted by atomic mass is 10.1. The van der Waals surface area contributed by atoms with Crippen LogP contribution in [0.15, 0.2) is 12.3 Å². The molecule has 108 valence electrons. The monoisotopic (exact) mass is 276 g/mol. The minimum atomic E-state index is -0.146. The lowest BCUT2D eigenvalue weighted by molar-refractivity contribution is 0.0945. The third-order valence-electron chi connectivity index (χ3n) is 3.36. The van der Waals surface area contributed by atoms with Gasteiger partial charge in [0, 0.05) is 31.8 Å². The smallest absolute Gasteiger partial charge is 0.252 e. The minimum Gasteiger partial charge on any atom is -0.396 e. The predicted molar refractivity (Wildman–Crippen MR) is 76.4 cm³/mol. The van der Waals surface area contributed by atoms with Crippen molar-refractivity contribution in [1.82, 2.24) is 20.1 Å². The molecule has 1 atom stereocenters. The fourth-order valence-corrected chi connectivity index (χ4v) is 2.12. The Balaban J connectivity index is 2.12. The van der Waals surface area contributed by atoms with Crippen LogP contribution >= 0.6 is 0 Å². The van der Waals surface area contributed by atoms with Crippen LogP contribution in [0.1, 0.15) is 29.4 Å². The number of rotatable bonds is 5. The molecule has 0 aliphatic carbocycles. The molecular formula is C14H20N4O2. The fraction of sp³-hybridized carbons (Fsp3) is 0.500. The summed E-state index contributed by atoms with van der Waals surface area (Å²) in [5.41, 5.74) is 2.16. The minimum absolute atomic E-state index is 0.138. The normalized spacial score (nSPS) is 12.6. The molecule has 0 radical (unpaired) electrons. The third kappa shape index (κ3) is 2.96. The van der Waals surface area contributed by atoms with Crippen molar-refractivity contribution in [1.29, 1.82) is 0 Å². The molecule has 0 spiro atoms. The molecule has 2 heterocycles. The summed E-state index contributed by atoms with van der Waals surface area (Å²) >= 11 is 0. The molecule has 0 aromatic carbocycles. The van der Waals surface area contributed by atoms with E-state index in [0.717, 1.165) is 16.7 Å². The maximum atomic E-state index is 12.1.